The molecule has 3 fully saturated rings. The highest BCUT2D eigenvalue weighted by molar-refractivity contribution is 5.79. The molecular weight excluding hydrogens is 308 g/mol. The normalized spacial score (nSPS) is 30.2. The van der Waals surface area contributed by atoms with Crippen LogP contribution in [0.4, 0.5) is 0 Å². The Kier molecular flexibility index (Phi) is 5.40. The summed E-state index contributed by atoms with van der Waals surface area (Å²) >= 11 is 0. The van der Waals surface area contributed by atoms with E-state index in [9.17, 15) is 4.79 Å². The number of benzene rings is 1. The largest absolute Gasteiger partial charge is 0.338 e. The molecule has 0 radical (unpaired) electrons. The Morgan fingerprint density at radius 1 is 0.920 bits per heavy atom. The average molecular weight is 341 g/mol. The van der Waals surface area contributed by atoms with E-state index in [2.05, 4.69) is 40.1 Å². The molecule has 2 aliphatic heterocycles. The van der Waals surface area contributed by atoms with Gasteiger partial charge in [0.1, 0.15) is 0 Å². The molecule has 0 N–H and O–H groups in total. The molecule has 1 saturated carbocycles. The van der Waals surface area contributed by atoms with Crippen molar-refractivity contribution in [3.05, 3.63) is 35.9 Å². The maximum Gasteiger partial charge on any atom is 0.237 e. The van der Waals surface area contributed by atoms with Gasteiger partial charge in [-0.1, -0.05) is 43.2 Å². The molecule has 3 atom stereocenters. The highest BCUT2D eigenvalue weighted by Crippen LogP contribution is 2.35. The zero-order valence-corrected chi connectivity index (χ0v) is 15.4. The smallest absolute Gasteiger partial charge is 0.237 e. The zero-order valence-electron chi connectivity index (χ0n) is 15.4. The number of carbonyl (C=O) groups is 1. The van der Waals surface area contributed by atoms with E-state index >= 15 is 0 Å². The Balaban J connectivity index is 1.37. The van der Waals surface area contributed by atoms with E-state index < -0.39 is 0 Å². The Labute approximate surface area is 152 Å². The minimum Gasteiger partial charge on any atom is -0.338 e. The Bertz CT molecular complexity index is 571. The van der Waals surface area contributed by atoms with E-state index in [-0.39, 0.29) is 0 Å². The average Bonchev–Trinajstić information content (AvgIpc) is 3.08. The molecule has 1 amide bonds. The van der Waals surface area contributed by atoms with Gasteiger partial charge in [0.2, 0.25) is 5.91 Å². The van der Waals surface area contributed by atoms with Crippen molar-refractivity contribution >= 4 is 5.91 Å². The SMILES string of the molecule is O=C(CN1CCC[C@@H]1Cc1ccccc1)N1CCC[C@@H]2CCCC[C@@H]21. The number of likely N-dealkylation sites (tertiary alicyclic amines) is 2. The fourth-order valence-corrected chi connectivity index (χ4v) is 5.42. The minimum absolute atomic E-state index is 0.400. The first-order valence-corrected chi connectivity index (χ1v) is 10.4. The molecule has 1 aromatic carbocycles. The standard InChI is InChI=1S/C22H32N2O/c25-22(24-15-6-11-19-10-4-5-13-21(19)24)17-23-14-7-12-20(23)16-18-8-2-1-3-9-18/h1-3,8-9,19-21H,4-7,10-17H2/t19-,20+,21-/m0/s1. The van der Waals surface area contributed by atoms with Gasteiger partial charge in [-0.25, -0.2) is 0 Å². The van der Waals surface area contributed by atoms with Crippen LogP contribution in [-0.4, -0.2) is 47.4 Å². The van der Waals surface area contributed by atoms with Crippen LogP contribution < -0.4 is 0 Å². The van der Waals surface area contributed by atoms with Crippen LogP contribution in [0.25, 0.3) is 0 Å². The predicted octanol–water partition coefficient (Wildman–Crippen LogP) is 3.87. The van der Waals surface area contributed by atoms with Gasteiger partial charge < -0.3 is 4.90 Å². The molecule has 25 heavy (non-hydrogen) atoms. The highest BCUT2D eigenvalue weighted by atomic mass is 16.2. The van der Waals surface area contributed by atoms with Crippen LogP contribution in [0.1, 0.15) is 56.9 Å². The van der Waals surface area contributed by atoms with Gasteiger partial charge in [0.25, 0.3) is 0 Å². The summed E-state index contributed by atoms with van der Waals surface area (Å²) in [6.07, 6.45) is 11.4. The van der Waals surface area contributed by atoms with Crippen molar-refractivity contribution in [1.82, 2.24) is 9.80 Å². The van der Waals surface area contributed by atoms with Gasteiger partial charge in [-0.05, 0) is 63.0 Å². The van der Waals surface area contributed by atoms with Crippen LogP contribution >= 0.6 is 0 Å². The molecule has 3 nitrogen and oxygen atoms in total. The molecule has 4 rings (SSSR count). The number of fused-ring (bicyclic) bond motifs is 1. The molecule has 2 saturated heterocycles. The third-order valence-electron chi connectivity index (χ3n) is 6.72. The first kappa shape index (κ1) is 17.1. The fraction of sp³-hybridized carbons (Fsp3) is 0.682. The van der Waals surface area contributed by atoms with E-state index in [0.717, 1.165) is 25.4 Å². The lowest BCUT2D eigenvalue weighted by atomic mass is 9.78. The van der Waals surface area contributed by atoms with Crippen molar-refractivity contribution in [2.24, 2.45) is 5.92 Å². The van der Waals surface area contributed by atoms with Gasteiger partial charge >= 0.3 is 0 Å². The van der Waals surface area contributed by atoms with Crippen molar-refractivity contribution in [3.63, 3.8) is 0 Å². The van der Waals surface area contributed by atoms with Gasteiger partial charge in [0.15, 0.2) is 0 Å². The van der Waals surface area contributed by atoms with Crippen LogP contribution in [-0.2, 0) is 11.2 Å². The molecule has 0 spiro atoms. The first-order chi connectivity index (χ1) is 12.3. The number of rotatable bonds is 4. The number of piperidine rings is 1. The van der Waals surface area contributed by atoms with Gasteiger partial charge in [0, 0.05) is 18.6 Å². The van der Waals surface area contributed by atoms with Gasteiger partial charge in [-0.15, -0.1) is 0 Å². The van der Waals surface area contributed by atoms with Gasteiger partial charge in [0.05, 0.1) is 6.54 Å². The lowest BCUT2D eigenvalue weighted by Crippen LogP contribution is -2.53. The second-order valence-electron chi connectivity index (χ2n) is 8.30. The Morgan fingerprint density at radius 2 is 1.68 bits per heavy atom. The summed E-state index contributed by atoms with van der Waals surface area (Å²) in [5.41, 5.74) is 1.40. The Morgan fingerprint density at radius 3 is 2.56 bits per heavy atom. The van der Waals surface area contributed by atoms with Gasteiger partial charge in [-0.3, -0.25) is 9.69 Å². The molecule has 0 bridgehead atoms. The predicted molar refractivity (Wildman–Crippen MR) is 101 cm³/mol. The van der Waals surface area contributed by atoms with E-state index in [4.69, 9.17) is 0 Å². The van der Waals surface area contributed by atoms with Crippen LogP contribution in [0, 0.1) is 5.92 Å². The van der Waals surface area contributed by atoms with Crippen molar-refractivity contribution in [2.75, 3.05) is 19.6 Å². The monoisotopic (exact) mass is 340 g/mol. The summed E-state index contributed by atoms with van der Waals surface area (Å²) in [5, 5.41) is 0. The van der Waals surface area contributed by atoms with Crippen LogP contribution in [0.2, 0.25) is 0 Å². The second-order valence-corrected chi connectivity index (χ2v) is 8.30. The van der Waals surface area contributed by atoms with E-state index in [1.54, 1.807) is 0 Å². The molecule has 0 unspecified atom stereocenters. The van der Waals surface area contributed by atoms with Crippen LogP contribution in [0.15, 0.2) is 30.3 Å². The van der Waals surface area contributed by atoms with Crippen molar-refractivity contribution in [3.8, 4) is 0 Å². The van der Waals surface area contributed by atoms with E-state index in [0.29, 0.717) is 24.5 Å². The summed E-state index contributed by atoms with van der Waals surface area (Å²) in [6, 6.07) is 11.8. The summed E-state index contributed by atoms with van der Waals surface area (Å²) < 4.78 is 0. The van der Waals surface area contributed by atoms with Crippen molar-refractivity contribution in [1.29, 1.82) is 0 Å². The maximum absolute atomic E-state index is 13.1. The number of hydrogen-bond acceptors (Lipinski definition) is 2. The maximum atomic E-state index is 13.1. The third kappa shape index (κ3) is 3.92. The number of amides is 1. The first-order valence-electron chi connectivity index (χ1n) is 10.4. The zero-order chi connectivity index (χ0) is 17.1. The lowest BCUT2D eigenvalue weighted by Gasteiger charge is -2.44. The lowest BCUT2D eigenvalue weighted by molar-refractivity contribution is -0.139. The molecule has 1 aliphatic carbocycles. The molecule has 136 valence electrons. The molecule has 2 heterocycles. The summed E-state index contributed by atoms with van der Waals surface area (Å²) in [4.78, 5) is 17.8. The van der Waals surface area contributed by atoms with Gasteiger partial charge in [-0.2, -0.15) is 0 Å². The fourth-order valence-electron chi connectivity index (χ4n) is 5.42. The molecule has 3 aliphatic rings. The number of carbonyl (C=O) groups excluding carboxylic acids is 1. The topological polar surface area (TPSA) is 23.6 Å². The van der Waals surface area contributed by atoms with Crippen molar-refractivity contribution < 1.29 is 4.79 Å². The van der Waals surface area contributed by atoms with Crippen LogP contribution in [0.3, 0.4) is 0 Å². The summed E-state index contributed by atoms with van der Waals surface area (Å²) in [7, 11) is 0. The molecular formula is C22H32N2O. The summed E-state index contributed by atoms with van der Waals surface area (Å²) in [6.45, 7) is 2.73. The summed E-state index contributed by atoms with van der Waals surface area (Å²) in [5.74, 6) is 1.18. The Hall–Kier alpha value is -1.35. The van der Waals surface area contributed by atoms with Crippen molar-refractivity contribution in [2.45, 2.75) is 69.9 Å². The molecule has 1 aromatic rings. The molecule has 3 heteroatoms. The minimum atomic E-state index is 0.400. The third-order valence-corrected chi connectivity index (χ3v) is 6.72. The van der Waals surface area contributed by atoms with E-state index in [1.165, 1.54) is 56.9 Å². The quantitative estimate of drug-likeness (QED) is 0.830. The molecule has 0 aromatic heterocycles. The number of hydrogen-bond donors (Lipinski definition) is 0. The number of nitrogens with zero attached hydrogens (tertiary/aromatic N) is 2. The second kappa shape index (κ2) is 7.90. The van der Waals surface area contributed by atoms with E-state index in [1.807, 2.05) is 0 Å². The highest BCUT2D eigenvalue weighted by Gasteiger charge is 2.37. The van der Waals surface area contributed by atoms with Crippen LogP contribution in [0.5, 0.6) is 0 Å².